The highest BCUT2D eigenvalue weighted by atomic mass is 16.6. The summed E-state index contributed by atoms with van der Waals surface area (Å²) >= 11 is 0. The molecule has 5 rings (SSSR count). The highest BCUT2D eigenvalue weighted by Crippen LogP contribution is 2.65. The van der Waals surface area contributed by atoms with E-state index in [1.807, 2.05) is 25.1 Å². The van der Waals surface area contributed by atoms with Gasteiger partial charge in [0.15, 0.2) is 5.78 Å². The number of rotatable bonds is 5. The number of hydrogen-bond donors (Lipinski definition) is 0. The van der Waals surface area contributed by atoms with E-state index in [9.17, 15) is 19.2 Å². The maximum atomic E-state index is 14.3. The zero-order valence-corrected chi connectivity index (χ0v) is 19.7. The van der Waals surface area contributed by atoms with Gasteiger partial charge in [0.1, 0.15) is 5.92 Å². The number of piperidine rings is 1. The van der Waals surface area contributed by atoms with Gasteiger partial charge in [0.05, 0.1) is 25.3 Å². The molecule has 4 heterocycles. The highest BCUT2D eigenvalue weighted by Gasteiger charge is 2.84. The number of allylic oxidation sites excluding steroid dienone is 1. The zero-order chi connectivity index (χ0) is 24.4. The largest absolute Gasteiger partial charge is 0.466 e. The van der Waals surface area contributed by atoms with Crippen molar-refractivity contribution in [3.05, 3.63) is 47.2 Å². The summed E-state index contributed by atoms with van der Waals surface area (Å²) in [6.45, 7) is 5.74. The number of ether oxygens (including phenoxy) is 3. The molecule has 9 nitrogen and oxygen atoms in total. The summed E-state index contributed by atoms with van der Waals surface area (Å²) in [6.07, 6.45) is 0.427. The van der Waals surface area contributed by atoms with Crippen molar-refractivity contribution in [2.75, 3.05) is 20.3 Å². The quantitative estimate of drug-likeness (QED) is 0.477. The van der Waals surface area contributed by atoms with Crippen LogP contribution in [0.3, 0.4) is 0 Å². The monoisotopic (exact) mass is 468 g/mol. The molecule has 1 aromatic rings. The van der Waals surface area contributed by atoms with E-state index in [4.69, 9.17) is 14.2 Å². The fourth-order valence-electron chi connectivity index (χ4n) is 6.46. The molecular weight excluding hydrogens is 440 g/mol. The minimum Gasteiger partial charge on any atom is -0.466 e. The van der Waals surface area contributed by atoms with Crippen LogP contribution in [0.25, 0.3) is 0 Å². The first kappa shape index (κ1) is 22.6. The molecule has 1 amide bonds. The number of amides is 1. The third-order valence-electron chi connectivity index (χ3n) is 7.73. The summed E-state index contributed by atoms with van der Waals surface area (Å²) in [5, 5.41) is 0. The van der Waals surface area contributed by atoms with Crippen LogP contribution >= 0.6 is 0 Å². The molecule has 0 aromatic heterocycles. The lowest BCUT2D eigenvalue weighted by Crippen LogP contribution is -2.71. The van der Waals surface area contributed by atoms with Gasteiger partial charge in [0, 0.05) is 24.6 Å². The van der Waals surface area contributed by atoms with Gasteiger partial charge in [-0.15, -0.1) is 0 Å². The molecule has 1 spiro atoms. The molecule has 0 unspecified atom stereocenters. The second kappa shape index (κ2) is 7.66. The average molecular weight is 469 g/mol. The molecule has 1 aromatic carbocycles. The van der Waals surface area contributed by atoms with Gasteiger partial charge in [-0.05, 0) is 25.8 Å². The molecule has 180 valence electrons. The minimum atomic E-state index is -1.80. The Labute approximate surface area is 197 Å². The first-order valence-electron chi connectivity index (χ1n) is 11.7. The van der Waals surface area contributed by atoms with E-state index >= 15 is 0 Å². The van der Waals surface area contributed by atoms with Crippen molar-refractivity contribution in [2.45, 2.75) is 51.1 Å². The van der Waals surface area contributed by atoms with Crippen molar-refractivity contribution in [1.29, 1.82) is 0 Å². The number of nitrogens with zero attached hydrogens (tertiary/aromatic N) is 2. The number of benzene rings is 1. The first-order valence-corrected chi connectivity index (χ1v) is 11.7. The molecule has 0 radical (unpaired) electrons. The predicted octanol–water partition coefficient (Wildman–Crippen LogP) is 1.93. The van der Waals surface area contributed by atoms with Crippen molar-refractivity contribution in [3.8, 4) is 0 Å². The van der Waals surface area contributed by atoms with Crippen LogP contribution in [0.2, 0.25) is 0 Å². The van der Waals surface area contributed by atoms with E-state index in [0.29, 0.717) is 24.2 Å². The van der Waals surface area contributed by atoms with Crippen LogP contribution in [0.15, 0.2) is 41.6 Å². The molecule has 4 aliphatic heterocycles. The van der Waals surface area contributed by atoms with E-state index in [0.717, 1.165) is 0 Å². The number of ketones is 1. The van der Waals surface area contributed by atoms with Crippen LogP contribution < -0.4 is 0 Å². The minimum absolute atomic E-state index is 0.0757. The zero-order valence-electron chi connectivity index (χ0n) is 19.7. The lowest BCUT2D eigenvalue weighted by Gasteiger charge is -2.56. The summed E-state index contributed by atoms with van der Waals surface area (Å²) in [6, 6.07) is 8.16. The van der Waals surface area contributed by atoms with Gasteiger partial charge in [-0.1, -0.05) is 37.3 Å². The summed E-state index contributed by atoms with van der Waals surface area (Å²) < 4.78 is 17.2. The molecule has 0 aliphatic carbocycles. The molecule has 3 fully saturated rings. The van der Waals surface area contributed by atoms with E-state index in [-0.39, 0.29) is 24.4 Å². The van der Waals surface area contributed by atoms with Gasteiger partial charge in [-0.25, -0.2) is 4.79 Å². The molecule has 2 bridgehead atoms. The number of carbonyl (C=O) groups is 4. The highest BCUT2D eigenvalue weighted by molar-refractivity contribution is 6.14. The fourth-order valence-corrected chi connectivity index (χ4v) is 6.46. The molecule has 9 heteroatoms. The summed E-state index contributed by atoms with van der Waals surface area (Å²) in [5.41, 5.74) is -0.344. The van der Waals surface area contributed by atoms with Crippen LogP contribution in [0, 0.1) is 11.8 Å². The van der Waals surface area contributed by atoms with Crippen molar-refractivity contribution >= 4 is 23.6 Å². The van der Waals surface area contributed by atoms with Gasteiger partial charge in [0.25, 0.3) is 5.91 Å². The number of esters is 2. The summed E-state index contributed by atoms with van der Waals surface area (Å²) in [4.78, 5) is 57.3. The van der Waals surface area contributed by atoms with E-state index < -0.39 is 47.2 Å². The van der Waals surface area contributed by atoms with E-state index in [1.165, 1.54) is 12.0 Å². The van der Waals surface area contributed by atoms with Crippen molar-refractivity contribution in [2.24, 2.45) is 11.8 Å². The van der Waals surface area contributed by atoms with Gasteiger partial charge in [-0.2, -0.15) is 0 Å². The van der Waals surface area contributed by atoms with Crippen molar-refractivity contribution in [1.82, 2.24) is 9.80 Å². The molecule has 4 aliphatic rings. The maximum Gasteiger partial charge on any atom is 0.337 e. The van der Waals surface area contributed by atoms with E-state index in [2.05, 4.69) is 0 Å². The Balaban J connectivity index is 1.85. The van der Waals surface area contributed by atoms with Crippen LogP contribution in [0.1, 0.15) is 45.2 Å². The number of fused-ring (bicyclic) bond motifs is 3. The van der Waals surface area contributed by atoms with E-state index in [1.54, 1.807) is 30.9 Å². The second-order valence-corrected chi connectivity index (χ2v) is 9.04. The number of methoxy groups -OCH3 is 1. The van der Waals surface area contributed by atoms with Crippen LogP contribution in [-0.4, -0.2) is 65.1 Å². The topological polar surface area (TPSA) is 102 Å². The number of cyclic esters (lactones) is 1. The Bertz CT molecular complexity index is 1120. The molecule has 0 N–H and O–H groups in total. The van der Waals surface area contributed by atoms with Crippen LogP contribution in [-0.2, 0) is 33.4 Å². The molecule has 3 saturated heterocycles. The second-order valence-electron chi connectivity index (χ2n) is 9.04. The Hall–Kier alpha value is -3.20. The molecule has 5 atom stereocenters. The summed E-state index contributed by atoms with van der Waals surface area (Å²) in [7, 11) is 1.29. The van der Waals surface area contributed by atoms with Gasteiger partial charge >= 0.3 is 11.9 Å². The first-order chi connectivity index (χ1) is 16.3. The molecule has 34 heavy (non-hydrogen) atoms. The average Bonchev–Trinajstić information content (AvgIpc) is 3.30. The standard InChI is InChI=1S/C25H28N2O7/c1-5-17(28)24-16-12-13-33-22(30)19(16)25(34-24)26(6-2)14(3)18(21(29)32-4)20(27(25)23(24)31)15-10-8-7-9-11-15/h7-11,16,19-20H,5-6,12-13H2,1-4H3/t16-,19-,20+,24+,25-/m0/s1. The van der Waals surface area contributed by atoms with Crippen LogP contribution in [0.4, 0.5) is 0 Å². The Morgan fingerprint density at radius 3 is 2.50 bits per heavy atom. The Kier molecular flexibility index (Phi) is 5.09. The Morgan fingerprint density at radius 2 is 1.88 bits per heavy atom. The van der Waals surface area contributed by atoms with Gasteiger partial charge in [0.2, 0.25) is 11.4 Å². The third-order valence-corrected chi connectivity index (χ3v) is 7.73. The van der Waals surface area contributed by atoms with Crippen LogP contribution in [0.5, 0.6) is 0 Å². The summed E-state index contributed by atoms with van der Waals surface area (Å²) in [5.74, 6) is -5.09. The number of hydrogen-bond acceptors (Lipinski definition) is 8. The SMILES string of the molecule is CCC(=O)[C@]12O[C@@]3([C@@H]4C(=O)OCC[C@@H]41)N(CC)C(C)=C(C(=O)OC)[C@@H](c1ccccc1)N3C2=O. The van der Waals surface area contributed by atoms with Crippen molar-refractivity contribution in [3.63, 3.8) is 0 Å². The lowest BCUT2D eigenvalue weighted by molar-refractivity contribution is -0.228. The van der Waals surface area contributed by atoms with Gasteiger partial charge < -0.3 is 19.1 Å². The van der Waals surface area contributed by atoms with Gasteiger partial charge in [-0.3, -0.25) is 19.3 Å². The number of carbonyl (C=O) groups excluding carboxylic acids is 4. The lowest BCUT2D eigenvalue weighted by atomic mass is 9.68. The number of Topliss-reactive ketones (excluding diaryl/α,β-unsaturated/α-hetero) is 1. The predicted molar refractivity (Wildman–Crippen MR) is 118 cm³/mol. The normalized spacial score (nSPS) is 34.1. The molecule has 0 saturated carbocycles. The molecular formula is C25H28N2O7. The van der Waals surface area contributed by atoms with Crippen molar-refractivity contribution < 1.29 is 33.4 Å². The smallest absolute Gasteiger partial charge is 0.337 e. The fraction of sp³-hybridized carbons (Fsp3) is 0.520. The maximum absolute atomic E-state index is 14.3. The Morgan fingerprint density at radius 1 is 1.18 bits per heavy atom. The third kappa shape index (κ3) is 2.48.